The fourth-order valence-electron chi connectivity index (χ4n) is 1.56. The first-order valence-corrected chi connectivity index (χ1v) is 5.33. The van der Waals surface area contributed by atoms with E-state index in [1.54, 1.807) is 12.3 Å². The largest absolute Gasteiger partial charge is 0.480 e. The minimum absolute atomic E-state index is 0.140. The van der Waals surface area contributed by atoms with Crippen LogP contribution in [0.3, 0.4) is 0 Å². The second-order valence-electron chi connectivity index (χ2n) is 3.46. The molecule has 5 nitrogen and oxygen atoms in total. The van der Waals surface area contributed by atoms with Crippen molar-refractivity contribution in [2.24, 2.45) is 0 Å². The molecule has 0 aliphatic heterocycles. The zero-order valence-corrected chi connectivity index (χ0v) is 10.6. The number of nitrogens with one attached hydrogen (secondary N) is 1. The minimum Gasteiger partial charge on any atom is -0.480 e. The summed E-state index contributed by atoms with van der Waals surface area (Å²) in [7, 11) is 4.30. The number of aromatic nitrogens is 1. The highest BCUT2D eigenvalue weighted by molar-refractivity contribution is 5.81. The molecule has 1 aromatic rings. The van der Waals surface area contributed by atoms with Crippen molar-refractivity contribution in [3.8, 4) is 0 Å². The third-order valence-electron chi connectivity index (χ3n) is 2.65. The van der Waals surface area contributed by atoms with Gasteiger partial charge in [-0.25, -0.2) is 0 Å². The molecule has 1 N–H and O–H groups in total. The van der Waals surface area contributed by atoms with Crippen LogP contribution in [0.15, 0.2) is 18.3 Å². The molecule has 0 aliphatic rings. The smallest absolute Gasteiger partial charge is 0.290 e. The number of pyridine rings is 1. The number of aryl methyl sites for hydroxylation is 1. The van der Waals surface area contributed by atoms with Crippen LogP contribution in [0.25, 0.3) is 0 Å². The molecule has 0 amide bonds. The van der Waals surface area contributed by atoms with E-state index in [0.29, 0.717) is 5.69 Å². The molecular weight excluding hydrogens is 220 g/mol. The molecule has 0 atom stereocenters. The molecule has 0 bridgehead atoms. The molecule has 1 aromatic heterocycles. The molecule has 1 rings (SSSR count). The molecule has 94 valence electrons. The first-order chi connectivity index (χ1) is 8.14. The minimum atomic E-state index is -1.37. The number of nitrogens with zero attached hydrogens (tertiary/aromatic N) is 1. The molecular formula is C12H18N2O3. The first-order valence-electron chi connectivity index (χ1n) is 5.33. The van der Waals surface area contributed by atoms with Crippen LogP contribution in [0.5, 0.6) is 0 Å². The third-order valence-corrected chi connectivity index (χ3v) is 2.65. The third kappa shape index (κ3) is 2.45. The first kappa shape index (κ1) is 13.6. The predicted octanol–water partition coefficient (Wildman–Crippen LogP) is 1.71. The maximum absolute atomic E-state index is 7.77. The quantitative estimate of drug-likeness (QED) is 0.482. The van der Waals surface area contributed by atoms with Crippen LogP contribution < -0.4 is 0 Å². The summed E-state index contributed by atoms with van der Waals surface area (Å²) in [6, 6.07) is 3.71. The molecule has 1 heterocycles. The van der Waals surface area contributed by atoms with E-state index in [2.05, 4.69) is 4.98 Å². The van der Waals surface area contributed by atoms with E-state index in [0.717, 1.165) is 12.0 Å². The van der Waals surface area contributed by atoms with Gasteiger partial charge in [0.15, 0.2) is 0 Å². The highest BCUT2D eigenvalue weighted by Crippen LogP contribution is 2.26. The summed E-state index contributed by atoms with van der Waals surface area (Å²) in [5, 5.41) is 7.77. The summed E-state index contributed by atoms with van der Waals surface area (Å²) in [6.07, 6.45) is 2.65. The van der Waals surface area contributed by atoms with Gasteiger partial charge in [0.25, 0.3) is 5.79 Å². The van der Waals surface area contributed by atoms with Gasteiger partial charge >= 0.3 is 0 Å². The van der Waals surface area contributed by atoms with Crippen molar-refractivity contribution in [1.82, 2.24) is 4.98 Å². The van der Waals surface area contributed by atoms with E-state index in [9.17, 15) is 0 Å². The maximum Gasteiger partial charge on any atom is 0.290 e. The summed E-state index contributed by atoms with van der Waals surface area (Å²) in [5.41, 5.74) is 1.60. The van der Waals surface area contributed by atoms with Crippen molar-refractivity contribution in [1.29, 1.82) is 5.41 Å². The highest BCUT2D eigenvalue weighted by Gasteiger charge is 2.40. The molecule has 0 unspecified atom stereocenters. The number of ether oxygens (including phenoxy) is 3. The average Bonchev–Trinajstić information content (AvgIpc) is 2.41. The molecule has 17 heavy (non-hydrogen) atoms. The molecule has 5 heteroatoms. The molecule has 0 saturated carbocycles. The van der Waals surface area contributed by atoms with Crippen molar-refractivity contribution in [3.63, 3.8) is 0 Å². The van der Waals surface area contributed by atoms with Crippen LogP contribution in [-0.2, 0) is 26.4 Å². The Morgan fingerprint density at radius 2 is 1.94 bits per heavy atom. The van der Waals surface area contributed by atoms with Crippen molar-refractivity contribution in [2.75, 3.05) is 21.3 Å². The van der Waals surface area contributed by atoms with Gasteiger partial charge in [0.05, 0.1) is 7.11 Å². The molecule has 0 aliphatic carbocycles. The number of rotatable bonds is 5. The van der Waals surface area contributed by atoms with Gasteiger partial charge in [-0.15, -0.1) is 0 Å². The summed E-state index contributed by atoms with van der Waals surface area (Å²) < 4.78 is 15.4. The monoisotopic (exact) mass is 238 g/mol. The van der Waals surface area contributed by atoms with Gasteiger partial charge in [-0.3, -0.25) is 10.4 Å². The van der Waals surface area contributed by atoms with Crippen molar-refractivity contribution >= 4 is 5.90 Å². The van der Waals surface area contributed by atoms with E-state index >= 15 is 0 Å². The van der Waals surface area contributed by atoms with E-state index in [1.807, 2.05) is 13.0 Å². The lowest BCUT2D eigenvalue weighted by molar-refractivity contribution is -0.175. The summed E-state index contributed by atoms with van der Waals surface area (Å²) in [4.78, 5) is 4.26. The number of hydrogen-bond donors (Lipinski definition) is 1. The van der Waals surface area contributed by atoms with Crippen molar-refractivity contribution in [3.05, 3.63) is 29.6 Å². The van der Waals surface area contributed by atoms with Crippen molar-refractivity contribution in [2.45, 2.75) is 19.1 Å². The Labute approximate surface area is 101 Å². The van der Waals surface area contributed by atoms with Crippen LogP contribution in [0.1, 0.15) is 18.2 Å². The lowest BCUT2D eigenvalue weighted by Crippen LogP contribution is -2.41. The van der Waals surface area contributed by atoms with Crippen molar-refractivity contribution < 1.29 is 14.2 Å². The van der Waals surface area contributed by atoms with Gasteiger partial charge in [-0.2, -0.15) is 0 Å². The van der Waals surface area contributed by atoms with E-state index in [4.69, 9.17) is 19.6 Å². The zero-order chi connectivity index (χ0) is 12.9. The van der Waals surface area contributed by atoms with Gasteiger partial charge in [-0.05, 0) is 18.1 Å². The van der Waals surface area contributed by atoms with Gasteiger partial charge in [0.2, 0.25) is 5.90 Å². The summed E-state index contributed by atoms with van der Waals surface area (Å²) >= 11 is 0. The van der Waals surface area contributed by atoms with Crippen LogP contribution in [0.4, 0.5) is 0 Å². The van der Waals surface area contributed by atoms with Crippen LogP contribution in [0.2, 0.25) is 0 Å². The Hall–Kier alpha value is -1.46. The molecule has 0 radical (unpaired) electrons. The lowest BCUT2D eigenvalue weighted by Gasteiger charge is -2.29. The topological polar surface area (TPSA) is 64.4 Å². The fraction of sp³-hybridized carbons (Fsp3) is 0.500. The summed E-state index contributed by atoms with van der Waals surface area (Å²) in [6.45, 7) is 2.05. The van der Waals surface area contributed by atoms with Gasteiger partial charge < -0.3 is 14.2 Å². The Kier molecular flexibility index (Phi) is 4.60. The van der Waals surface area contributed by atoms with Crippen LogP contribution >= 0.6 is 0 Å². The molecule has 0 spiro atoms. The normalized spacial score (nSPS) is 11.3. The molecule has 0 saturated heterocycles. The highest BCUT2D eigenvalue weighted by atomic mass is 16.7. The number of hydrogen-bond acceptors (Lipinski definition) is 5. The van der Waals surface area contributed by atoms with Crippen LogP contribution in [0, 0.1) is 5.41 Å². The zero-order valence-electron chi connectivity index (χ0n) is 10.6. The number of methoxy groups -OCH3 is 3. The van der Waals surface area contributed by atoms with E-state index < -0.39 is 5.79 Å². The Morgan fingerprint density at radius 3 is 2.29 bits per heavy atom. The fourth-order valence-corrected chi connectivity index (χ4v) is 1.56. The predicted molar refractivity (Wildman–Crippen MR) is 64.0 cm³/mol. The summed E-state index contributed by atoms with van der Waals surface area (Å²) in [5.74, 6) is -1.51. The molecule has 0 aromatic carbocycles. The lowest BCUT2D eigenvalue weighted by atomic mass is 10.1. The standard InChI is InChI=1S/C12H18N2O3/c1-5-9-6-7-10(14-8-9)12(16-3,17-4)11(13)15-2/h6-8,13H,5H2,1-4H3. The van der Waals surface area contributed by atoms with Crippen LogP contribution in [-0.4, -0.2) is 32.2 Å². The average molecular weight is 238 g/mol. The Balaban J connectivity index is 3.17. The van der Waals surface area contributed by atoms with Gasteiger partial charge in [0, 0.05) is 20.4 Å². The van der Waals surface area contributed by atoms with Gasteiger partial charge in [-0.1, -0.05) is 13.0 Å². The SMILES string of the molecule is CCc1ccc(C(OC)(OC)C(=N)OC)nc1. The maximum atomic E-state index is 7.77. The van der Waals surface area contributed by atoms with E-state index in [1.165, 1.54) is 21.3 Å². The Bertz CT molecular complexity index is 372. The molecule has 0 fully saturated rings. The van der Waals surface area contributed by atoms with Gasteiger partial charge in [0.1, 0.15) is 5.69 Å². The van der Waals surface area contributed by atoms with E-state index in [-0.39, 0.29) is 5.90 Å². The Morgan fingerprint density at radius 1 is 1.29 bits per heavy atom. The second kappa shape index (κ2) is 5.75. The second-order valence-corrected chi connectivity index (χ2v) is 3.46.